The number of carbonyl (C=O) groups is 1. The van der Waals surface area contributed by atoms with Crippen molar-refractivity contribution in [3.05, 3.63) is 0 Å². The van der Waals surface area contributed by atoms with Gasteiger partial charge in [-0.1, -0.05) is 0 Å². The SMILES string of the molecule is CCO[C@@H]1OCCC[C@H]1CCC(C)=O. The van der Waals surface area contributed by atoms with Crippen molar-refractivity contribution in [1.29, 1.82) is 0 Å². The van der Waals surface area contributed by atoms with Crippen LogP contribution in [-0.4, -0.2) is 25.3 Å². The van der Waals surface area contributed by atoms with Crippen LogP contribution in [0.5, 0.6) is 0 Å². The fourth-order valence-electron chi connectivity index (χ4n) is 1.83. The maximum absolute atomic E-state index is 10.9. The van der Waals surface area contributed by atoms with Gasteiger partial charge in [-0.2, -0.15) is 0 Å². The molecule has 2 atom stereocenters. The largest absolute Gasteiger partial charge is 0.353 e. The van der Waals surface area contributed by atoms with Crippen molar-refractivity contribution in [2.75, 3.05) is 13.2 Å². The van der Waals surface area contributed by atoms with E-state index >= 15 is 0 Å². The second-order valence-electron chi connectivity index (χ2n) is 3.84. The van der Waals surface area contributed by atoms with E-state index in [9.17, 15) is 4.79 Å². The highest BCUT2D eigenvalue weighted by Crippen LogP contribution is 2.25. The smallest absolute Gasteiger partial charge is 0.160 e. The molecule has 14 heavy (non-hydrogen) atoms. The number of Topliss-reactive ketones (excluding diaryl/α,β-unsaturated/α-hetero) is 1. The zero-order valence-corrected chi connectivity index (χ0v) is 9.12. The molecule has 0 aromatic rings. The molecule has 3 heteroatoms. The minimum absolute atomic E-state index is 0.0758. The lowest BCUT2D eigenvalue weighted by molar-refractivity contribution is -0.191. The summed E-state index contributed by atoms with van der Waals surface area (Å²) in [4.78, 5) is 10.9. The first-order chi connectivity index (χ1) is 6.74. The molecule has 0 aromatic heterocycles. The predicted molar refractivity (Wildman–Crippen MR) is 54.0 cm³/mol. The zero-order valence-electron chi connectivity index (χ0n) is 9.12. The molecule has 0 aliphatic carbocycles. The topological polar surface area (TPSA) is 35.5 Å². The first-order valence-electron chi connectivity index (χ1n) is 5.46. The maximum Gasteiger partial charge on any atom is 0.160 e. The quantitative estimate of drug-likeness (QED) is 0.682. The number of carbonyl (C=O) groups excluding carboxylic acids is 1. The van der Waals surface area contributed by atoms with Crippen molar-refractivity contribution >= 4 is 5.78 Å². The number of ether oxygens (including phenoxy) is 2. The van der Waals surface area contributed by atoms with Crippen molar-refractivity contribution < 1.29 is 14.3 Å². The lowest BCUT2D eigenvalue weighted by atomic mass is 9.94. The van der Waals surface area contributed by atoms with Gasteiger partial charge in [-0.05, 0) is 33.1 Å². The van der Waals surface area contributed by atoms with Gasteiger partial charge in [-0.15, -0.1) is 0 Å². The molecule has 0 aromatic carbocycles. The summed E-state index contributed by atoms with van der Waals surface area (Å²) in [5.41, 5.74) is 0. The van der Waals surface area contributed by atoms with Crippen LogP contribution < -0.4 is 0 Å². The Labute approximate surface area is 85.8 Å². The van der Waals surface area contributed by atoms with Crippen molar-refractivity contribution in [3.63, 3.8) is 0 Å². The van der Waals surface area contributed by atoms with Gasteiger partial charge < -0.3 is 14.3 Å². The summed E-state index contributed by atoms with van der Waals surface area (Å²) in [5, 5.41) is 0. The van der Waals surface area contributed by atoms with Crippen molar-refractivity contribution in [2.45, 2.75) is 45.8 Å². The highest BCUT2D eigenvalue weighted by molar-refractivity contribution is 5.75. The molecule has 0 spiro atoms. The summed E-state index contributed by atoms with van der Waals surface area (Å²) >= 11 is 0. The zero-order chi connectivity index (χ0) is 10.4. The summed E-state index contributed by atoms with van der Waals surface area (Å²) in [5.74, 6) is 0.665. The molecule has 0 amide bonds. The minimum atomic E-state index is -0.0758. The summed E-state index contributed by atoms with van der Waals surface area (Å²) in [6, 6.07) is 0. The van der Waals surface area contributed by atoms with Gasteiger partial charge in [0.2, 0.25) is 0 Å². The molecule has 1 fully saturated rings. The van der Waals surface area contributed by atoms with Crippen LogP contribution in [0.3, 0.4) is 0 Å². The summed E-state index contributed by atoms with van der Waals surface area (Å²) < 4.78 is 11.0. The molecule has 0 bridgehead atoms. The van der Waals surface area contributed by atoms with Crippen LogP contribution in [0.4, 0.5) is 0 Å². The number of hydrogen-bond acceptors (Lipinski definition) is 3. The van der Waals surface area contributed by atoms with Crippen LogP contribution in [0.1, 0.15) is 39.5 Å². The van der Waals surface area contributed by atoms with E-state index in [0.29, 0.717) is 18.9 Å². The monoisotopic (exact) mass is 200 g/mol. The second-order valence-corrected chi connectivity index (χ2v) is 3.84. The third-order valence-electron chi connectivity index (χ3n) is 2.58. The highest BCUT2D eigenvalue weighted by Gasteiger charge is 2.26. The Morgan fingerprint density at radius 2 is 2.36 bits per heavy atom. The fraction of sp³-hybridized carbons (Fsp3) is 0.909. The Kier molecular flexibility index (Phi) is 5.12. The third kappa shape index (κ3) is 3.76. The van der Waals surface area contributed by atoms with E-state index in [4.69, 9.17) is 9.47 Å². The van der Waals surface area contributed by atoms with Crippen molar-refractivity contribution in [2.24, 2.45) is 5.92 Å². The Morgan fingerprint density at radius 1 is 1.57 bits per heavy atom. The first kappa shape index (κ1) is 11.7. The van der Waals surface area contributed by atoms with Crippen molar-refractivity contribution in [3.8, 4) is 0 Å². The van der Waals surface area contributed by atoms with E-state index in [0.717, 1.165) is 25.9 Å². The second kappa shape index (κ2) is 6.14. The average molecular weight is 200 g/mol. The standard InChI is InChI=1S/C11H20O3/c1-3-13-11-10(5-4-8-14-11)7-6-9(2)12/h10-11H,3-8H2,1-2H3/t10-,11+/m0/s1. The van der Waals surface area contributed by atoms with E-state index in [1.807, 2.05) is 6.92 Å². The molecule has 1 saturated heterocycles. The first-order valence-corrected chi connectivity index (χ1v) is 5.46. The molecule has 1 rings (SSSR count). The van der Waals surface area contributed by atoms with Crippen molar-refractivity contribution in [1.82, 2.24) is 0 Å². The Balaban J connectivity index is 2.33. The van der Waals surface area contributed by atoms with Crippen LogP contribution in [0.25, 0.3) is 0 Å². The average Bonchev–Trinajstić information content (AvgIpc) is 2.17. The molecule has 0 radical (unpaired) electrons. The molecule has 1 aliphatic heterocycles. The fourth-order valence-corrected chi connectivity index (χ4v) is 1.83. The number of rotatable bonds is 5. The minimum Gasteiger partial charge on any atom is -0.353 e. The normalized spacial score (nSPS) is 27.6. The Hall–Kier alpha value is -0.410. The maximum atomic E-state index is 10.9. The molecule has 0 N–H and O–H groups in total. The summed E-state index contributed by atoms with van der Waals surface area (Å²) in [6.45, 7) is 5.09. The predicted octanol–water partition coefficient (Wildman–Crippen LogP) is 2.14. The Bertz CT molecular complexity index is 177. The van der Waals surface area contributed by atoms with Gasteiger partial charge in [0, 0.05) is 25.6 Å². The molecular weight excluding hydrogens is 180 g/mol. The van der Waals surface area contributed by atoms with E-state index in [1.165, 1.54) is 0 Å². The highest BCUT2D eigenvalue weighted by atomic mass is 16.7. The van der Waals surface area contributed by atoms with Crippen LogP contribution in [0, 0.1) is 5.92 Å². The van der Waals surface area contributed by atoms with Crippen LogP contribution in [0.2, 0.25) is 0 Å². The molecule has 1 aliphatic rings. The van der Waals surface area contributed by atoms with Gasteiger partial charge in [-0.3, -0.25) is 0 Å². The molecule has 3 nitrogen and oxygen atoms in total. The number of hydrogen-bond donors (Lipinski definition) is 0. The van der Waals surface area contributed by atoms with Crippen LogP contribution in [0.15, 0.2) is 0 Å². The van der Waals surface area contributed by atoms with E-state index < -0.39 is 0 Å². The van der Waals surface area contributed by atoms with Gasteiger partial charge in [0.15, 0.2) is 6.29 Å². The van der Waals surface area contributed by atoms with Gasteiger partial charge >= 0.3 is 0 Å². The number of ketones is 1. The lowest BCUT2D eigenvalue weighted by Gasteiger charge is -2.31. The van der Waals surface area contributed by atoms with E-state index in [-0.39, 0.29) is 12.1 Å². The summed E-state index contributed by atoms with van der Waals surface area (Å²) in [6.07, 6.45) is 3.69. The van der Waals surface area contributed by atoms with Crippen LogP contribution in [-0.2, 0) is 14.3 Å². The van der Waals surface area contributed by atoms with Gasteiger partial charge in [0.05, 0.1) is 0 Å². The van der Waals surface area contributed by atoms with E-state index in [2.05, 4.69) is 0 Å². The van der Waals surface area contributed by atoms with Gasteiger partial charge in [-0.25, -0.2) is 0 Å². The third-order valence-corrected chi connectivity index (χ3v) is 2.58. The molecule has 1 heterocycles. The molecule has 0 unspecified atom stereocenters. The van der Waals surface area contributed by atoms with E-state index in [1.54, 1.807) is 6.92 Å². The van der Waals surface area contributed by atoms with Crippen LogP contribution >= 0.6 is 0 Å². The summed E-state index contributed by atoms with van der Waals surface area (Å²) in [7, 11) is 0. The molecule has 0 saturated carbocycles. The van der Waals surface area contributed by atoms with Gasteiger partial charge in [0.25, 0.3) is 0 Å². The lowest BCUT2D eigenvalue weighted by Crippen LogP contribution is -2.32. The molecule has 82 valence electrons. The van der Waals surface area contributed by atoms with Gasteiger partial charge in [0.1, 0.15) is 5.78 Å². The molecular formula is C11H20O3. The Morgan fingerprint density at radius 3 is 3.00 bits per heavy atom.